The van der Waals surface area contributed by atoms with E-state index >= 15 is 0 Å². The number of carboxylic acid groups (broad SMARTS) is 1. The summed E-state index contributed by atoms with van der Waals surface area (Å²) >= 11 is 0. The van der Waals surface area contributed by atoms with Gasteiger partial charge in [-0.2, -0.15) is 0 Å². The molecule has 2 aromatic heterocycles. The van der Waals surface area contributed by atoms with Gasteiger partial charge in [0.15, 0.2) is 0 Å². The van der Waals surface area contributed by atoms with Gasteiger partial charge in [-0.3, -0.25) is 30.0 Å². The lowest BCUT2D eigenvalue weighted by atomic mass is 10.1. The Bertz CT molecular complexity index is 1250. The molecule has 0 spiro atoms. The molecule has 1 fully saturated rings. The maximum atomic E-state index is 12.7. The van der Waals surface area contributed by atoms with Crippen molar-refractivity contribution in [2.45, 2.75) is 32.3 Å². The molecule has 10 heteroatoms. The van der Waals surface area contributed by atoms with E-state index in [4.69, 9.17) is 4.74 Å². The van der Waals surface area contributed by atoms with E-state index in [1.807, 2.05) is 19.0 Å². The van der Waals surface area contributed by atoms with Crippen LogP contribution in [0.1, 0.15) is 37.8 Å². The number of pyridine rings is 2. The van der Waals surface area contributed by atoms with Gasteiger partial charge in [0.25, 0.3) is 0 Å². The minimum Gasteiger partial charge on any atom is -0.465 e. The first-order valence-electron chi connectivity index (χ1n) is 12.4. The lowest BCUT2D eigenvalue weighted by Crippen LogP contribution is -2.45. The highest BCUT2D eigenvalue weighted by molar-refractivity contribution is 5.88. The molecule has 1 aliphatic heterocycles. The lowest BCUT2D eigenvalue weighted by Gasteiger charge is -2.30. The molecule has 1 saturated heterocycles. The molecule has 3 heterocycles. The van der Waals surface area contributed by atoms with Gasteiger partial charge in [0.05, 0.1) is 49.0 Å². The molecule has 10 nitrogen and oxygen atoms in total. The molecule has 38 heavy (non-hydrogen) atoms. The highest BCUT2D eigenvalue weighted by atomic mass is 16.6. The second kappa shape index (κ2) is 13.4. The Kier molecular flexibility index (Phi) is 10.1. The number of likely N-dealkylation sites (tertiary alicyclic amines) is 1. The van der Waals surface area contributed by atoms with Crippen molar-refractivity contribution in [2.24, 2.45) is 0 Å². The summed E-state index contributed by atoms with van der Waals surface area (Å²) in [5.74, 6) is 12.2. The zero-order chi connectivity index (χ0) is 27.5. The first-order chi connectivity index (χ1) is 18.1. The molecule has 2 amide bonds. The monoisotopic (exact) mass is 518 g/mol. The first-order valence-corrected chi connectivity index (χ1v) is 12.4. The Morgan fingerprint density at radius 1 is 1.13 bits per heavy atom. The smallest absolute Gasteiger partial charge is 0.412 e. The topological polar surface area (TPSA) is 111 Å². The molecule has 0 atom stereocenters. The van der Waals surface area contributed by atoms with Crippen LogP contribution in [0.5, 0.6) is 0 Å². The SMILES string of the molecule is CN(C)CC#Cc1ccncc1NC(=O)OC(C)(C)CN(C(=O)O)c1cncc(C#CCN2CCCC2)c1. The molecular formula is C28H34N6O4. The second-order valence-electron chi connectivity index (χ2n) is 9.82. The predicted octanol–water partition coefficient (Wildman–Crippen LogP) is 3.35. The van der Waals surface area contributed by atoms with Crippen molar-refractivity contribution < 1.29 is 19.4 Å². The molecular weight excluding hydrogens is 484 g/mol. The van der Waals surface area contributed by atoms with E-state index in [-0.39, 0.29) is 6.54 Å². The Morgan fingerprint density at radius 2 is 1.89 bits per heavy atom. The minimum atomic E-state index is -1.20. The number of nitrogens with zero attached hydrogens (tertiary/aromatic N) is 5. The van der Waals surface area contributed by atoms with Gasteiger partial charge in [0.2, 0.25) is 0 Å². The highest BCUT2D eigenvalue weighted by Gasteiger charge is 2.30. The molecule has 0 aliphatic carbocycles. The van der Waals surface area contributed by atoms with Crippen LogP contribution in [-0.4, -0.2) is 89.5 Å². The van der Waals surface area contributed by atoms with Crippen LogP contribution in [0.25, 0.3) is 0 Å². The number of anilines is 2. The first kappa shape index (κ1) is 28.5. The number of carbonyl (C=O) groups excluding carboxylic acids is 1. The zero-order valence-corrected chi connectivity index (χ0v) is 22.3. The van der Waals surface area contributed by atoms with E-state index in [9.17, 15) is 14.7 Å². The van der Waals surface area contributed by atoms with E-state index in [1.54, 1.807) is 38.4 Å². The van der Waals surface area contributed by atoms with Crippen LogP contribution < -0.4 is 10.2 Å². The number of rotatable bonds is 7. The average molecular weight is 519 g/mol. The van der Waals surface area contributed by atoms with Crippen molar-refractivity contribution in [2.75, 3.05) is 57.0 Å². The van der Waals surface area contributed by atoms with Gasteiger partial charge in [-0.25, -0.2) is 9.59 Å². The van der Waals surface area contributed by atoms with Crippen LogP contribution in [0.2, 0.25) is 0 Å². The van der Waals surface area contributed by atoms with Crippen molar-refractivity contribution in [3.8, 4) is 23.7 Å². The van der Waals surface area contributed by atoms with Crippen LogP contribution in [-0.2, 0) is 4.74 Å². The Morgan fingerprint density at radius 3 is 2.61 bits per heavy atom. The second-order valence-corrected chi connectivity index (χ2v) is 9.82. The van der Waals surface area contributed by atoms with E-state index < -0.39 is 17.8 Å². The van der Waals surface area contributed by atoms with Crippen LogP contribution in [0.4, 0.5) is 21.0 Å². The zero-order valence-electron chi connectivity index (χ0n) is 22.3. The molecule has 0 saturated carbocycles. The van der Waals surface area contributed by atoms with E-state index in [1.165, 1.54) is 25.2 Å². The third kappa shape index (κ3) is 9.07. The molecule has 2 aromatic rings. The Balaban J connectivity index is 1.66. The molecule has 200 valence electrons. The predicted molar refractivity (Wildman–Crippen MR) is 146 cm³/mol. The van der Waals surface area contributed by atoms with Gasteiger partial charge in [-0.15, -0.1) is 0 Å². The largest absolute Gasteiger partial charge is 0.465 e. The van der Waals surface area contributed by atoms with Gasteiger partial charge >= 0.3 is 12.2 Å². The fourth-order valence-corrected chi connectivity index (χ4v) is 3.80. The molecule has 2 N–H and O–H groups in total. The van der Waals surface area contributed by atoms with Crippen molar-refractivity contribution in [1.29, 1.82) is 0 Å². The summed E-state index contributed by atoms with van der Waals surface area (Å²) in [7, 11) is 3.82. The molecule has 0 radical (unpaired) electrons. The highest BCUT2D eigenvalue weighted by Crippen LogP contribution is 2.21. The summed E-state index contributed by atoms with van der Waals surface area (Å²) in [5, 5.41) is 12.6. The van der Waals surface area contributed by atoms with Crippen molar-refractivity contribution in [1.82, 2.24) is 19.8 Å². The van der Waals surface area contributed by atoms with Crippen LogP contribution >= 0.6 is 0 Å². The van der Waals surface area contributed by atoms with Gasteiger partial charge in [0, 0.05) is 18.0 Å². The third-order valence-corrected chi connectivity index (χ3v) is 5.58. The average Bonchev–Trinajstić information content (AvgIpc) is 3.37. The van der Waals surface area contributed by atoms with E-state index in [0.29, 0.717) is 35.6 Å². The van der Waals surface area contributed by atoms with Crippen molar-refractivity contribution in [3.05, 3.63) is 48.0 Å². The Labute approximate surface area is 224 Å². The van der Waals surface area contributed by atoms with Crippen LogP contribution in [0, 0.1) is 23.7 Å². The number of aromatic nitrogens is 2. The maximum absolute atomic E-state index is 12.7. The summed E-state index contributed by atoms with van der Waals surface area (Å²) in [6.07, 6.45) is 6.56. The summed E-state index contributed by atoms with van der Waals surface area (Å²) in [6, 6.07) is 3.37. The van der Waals surface area contributed by atoms with Crippen molar-refractivity contribution in [3.63, 3.8) is 0 Å². The quantitative estimate of drug-likeness (QED) is 0.537. The standard InChI is InChI=1S/C28H34N6O4/c1-28(2,38-26(35)31-25-20-29-12-11-23(25)10-8-13-32(3)4)21-34(27(36)37)24-17-22(18-30-19-24)9-7-16-33-14-5-6-15-33/h11-12,17-20H,5-6,13-16,21H2,1-4H3,(H,31,35)(H,36,37). The fraction of sp³-hybridized carbons (Fsp3) is 0.429. The number of ether oxygens (including phenoxy) is 1. The Hall–Kier alpha value is -4.12. The summed E-state index contributed by atoms with van der Waals surface area (Å²) in [5.41, 5.74) is 0.785. The number of hydrogen-bond acceptors (Lipinski definition) is 7. The summed E-state index contributed by atoms with van der Waals surface area (Å²) in [6.45, 7) is 6.48. The summed E-state index contributed by atoms with van der Waals surface area (Å²) in [4.78, 5) is 38.3. The van der Waals surface area contributed by atoms with Gasteiger partial charge in [0.1, 0.15) is 5.60 Å². The van der Waals surface area contributed by atoms with Crippen molar-refractivity contribution >= 4 is 23.6 Å². The van der Waals surface area contributed by atoms with E-state index in [2.05, 4.69) is 43.9 Å². The summed E-state index contributed by atoms with van der Waals surface area (Å²) < 4.78 is 5.60. The van der Waals surface area contributed by atoms with Crippen LogP contribution in [0.15, 0.2) is 36.9 Å². The van der Waals surface area contributed by atoms with E-state index in [0.717, 1.165) is 18.0 Å². The van der Waals surface area contributed by atoms with Gasteiger partial charge < -0.3 is 9.84 Å². The lowest BCUT2D eigenvalue weighted by molar-refractivity contribution is 0.0537. The number of nitrogens with one attached hydrogen (secondary N) is 1. The van der Waals surface area contributed by atoms with Gasteiger partial charge in [-0.1, -0.05) is 23.7 Å². The number of amides is 2. The number of hydrogen-bond donors (Lipinski definition) is 2. The maximum Gasteiger partial charge on any atom is 0.412 e. The normalized spacial score (nSPS) is 13.2. The van der Waals surface area contributed by atoms with Gasteiger partial charge in [-0.05, 0) is 66.0 Å². The fourth-order valence-electron chi connectivity index (χ4n) is 3.80. The number of carbonyl (C=O) groups is 2. The molecule has 0 aromatic carbocycles. The van der Waals surface area contributed by atoms with Crippen LogP contribution in [0.3, 0.4) is 0 Å². The molecule has 3 rings (SSSR count). The molecule has 0 unspecified atom stereocenters. The minimum absolute atomic E-state index is 0.120. The molecule has 0 bridgehead atoms. The third-order valence-electron chi connectivity index (χ3n) is 5.58. The molecule has 1 aliphatic rings.